The molecular formula is C19H17N3O4S. The Morgan fingerprint density at radius 2 is 1.67 bits per heavy atom. The lowest BCUT2D eigenvalue weighted by molar-refractivity contribution is -0.118. The Balaban J connectivity index is 1.61. The zero-order chi connectivity index (χ0) is 19.1. The summed E-state index contributed by atoms with van der Waals surface area (Å²) in [6.45, 7) is -0.211. The Kier molecular flexibility index (Phi) is 5.68. The average molecular weight is 383 g/mol. The van der Waals surface area contributed by atoms with E-state index in [1.165, 1.54) is 18.2 Å². The minimum absolute atomic E-state index is 0.160. The zero-order valence-electron chi connectivity index (χ0n) is 14.2. The fourth-order valence-electron chi connectivity index (χ4n) is 2.24. The van der Waals surface area contributed by atoms with E-state index < -0.39 is 10.0 Å². The van der Waals surface area contributed by atoms with E-state index in [9.17, 15) is 13.2 Å². The van der Waals surface area contributed by atoms with Gasteiger partial charge in [0.05, 0.1) is 10.6 Å². The maximum Gasteiger partial charge on any atom is 0.262 e. The molecule has 0 aliphatic heterocycles. The number of nitrogens with one attached hydrogen (secondary N) is 2. The molecule has 3 aromatic rings. The van der Waals surface area contributed by atoms with E-state index in [-0.39, 0.29) is 17.4 Å². The van der Waals surface area contributed by atoms with Crippen LogP contribution in [0.1, 0.15) is 0 Å². The fourth-order valence-corrected chi connectivity index (χ4v) is 3.31. The standard InChI is InChI=1S/C19H17N3O4S/c23-19(21-15-9-11-20-12-10-15)14-26-17-6-4-5-16(13-17)22-27(24,25)18-7-2-1-3-8-18/h1-13,22H,14H2,(H,20,21,23). The summed E-state index contributed by atoms with van der Waals surface area (Å²) >= 11 is 0. The van der Waals surface area contributed by atoms with Gasteiger partial charge in [0.15, 0.2) is 6.61 Å². The molecule has 7 nitrogen and oxygen atoms in total. The molecule has 0 spiro atoms. The molecule has 0 radical (unpaired) electrons. The number of carbonyl (C=O) groups is 1. The number of sulfonamides is 1. The van der Waals surface area contributed by atoms with Crippen molar-refractivity contribution in [2.45, 2.75) is 4.90 Å². The van der Waals surface area contributed by atoms with E-state index >= 15 is 0 Å². The molecule has 0 bridgehead atoms. The molecule has 8 heteroatoms. The first-order chi connectivity index (χ1) is 13.0. The normalized spacial score (nSPS) is 10.8. The van der Waals surface area contributed by atoms with Gasteiger partial charge < -0.3 is 10.1 Å². The summed E-state index contributed by atoms with van der Waals surface area (Å²) < 4.78 is 32.6. The largest absolute Gasteiger partial charge is 0.484 e. The van der Waals surface area contributed by atoms with Crippen molar-refractivity contribution in [3.05, 3.63) is 79.1 Å². The molecular weight excluding hydrogens is 366 g/mol. The van der Waals surface area contributed by atoms with Crippen molar-refractivity contribution in [3.63, 3.8) is 0 Å². The van der Waals surface area contributed by atoms with Crippen molar-refractivity contribution in [1.29, 1.82) is 0 Å². The van der Waals surface area contributed by atoms with Crippen LogP contribution in [0.15, 0.2) is 84.0 Å². The number of anilines is 2. The van der Waals surface area contributed by atoms with Crippen molar-refractivity contribution in [1.82, 2.24) is 4.98 Å². The number of pyridine rings is 1. The van der Waals surface area contributed by atoms with Gasteiger partial charge in [0, 0.05) is 24.1 Å². The average Bonchev–Trinajstić information content (AvgIpc) is 2.68. The first-order valence-electron chi connectivity index (χ1n) is 8.03. The van der Waals surface area contributed by atoms with Gasteiger partial charge in [-0.25, -0.2) is 8.42 Å². The van der Waals surface area contributed by atoms with Crippen LogP contribution in [0.25, 0.3) is 0 Å². The quantitative estimate of drug-likeness (QED) is 0.654. The fraction of sp³-hybridized carbons (Fsp3) is 0.0526. The molecule has 0 aliphatic rings. The highest BCUT2D eigenvalue weighted by molar-refractivity contribution is 7.92. The van der Waals surface area contributed by atoms with Crippen LogP contribution in [0.3, 0.4) is 0 Å². The summed E-state index contributed by atoms with van der Waals surface area (Å²) in [7, 11) is -3.69. The first-order valence-corrected chi connectivity index (χ1v) is 9.52. The van der Waals surface area contributed by atoms with Gasteiger partial charge in [0.25, 0.3) is 15.9 Å². The number of carbonyl (C=O) groups excluding carboxylic acids is 1. The smallest absolute Gasteiger partial charge is 0.262 e. The summed E-state index contributed by atoms with van der Waals surface area (Å²) in [5, 5.41) is 2.67. The summed E-state index contributed by atoms with van der Waals surface area (Å²) in [6.07, 6.45) is 3.14. The number of rotatable bonds is 7. The van der Waals surface area contributed by atoms with Gasteiger partial charge in [-0.15, -0.1) is 0 Å². The Labute approximate surface area is 157 Å². The molecule has 3 rings (SSSR count). The number of hydrogen-bond donors (Lipinski definition) is 2. The van der Waals surface area contributed by atoms with Crippen LogP contribution in [0.5, 0.6) is 5.75 Å². The van der Waals surface area contributed by atoms with Gasteiger partial charge in [-0.2, -0.15) is 0 Å². The Morgan fingerprint density at radius 1 is 0.926 bits per heavy atom. The first kappa shape index (κ1) is 18.4. The predicted molar refractivity (Wildman–Crippen MR) is 102 cm³/mol. The highest BCUT2D eigenvalue weighted by Crippen LogP contribution is 2.21. The lowest BCUT2D eigenvalue weighted by Crippen LogP contribution is -2.20. The molecule has 27 heavy (non-hydrogen) atoms. The van der Waals surface area contributed by atoms with Gasteiger partial charge in [0.2, 0.25) is 0 Å². The Morgan fingerprint density at radius 3 is 2.41 bits per heavy atom. The van der Waals surface area contributed by atoms with Gasteiger partial charge in [-0.1, -0.05) is 24.3 Å². The van der Waals surface area contributed by atoms with E-state index in [0.29, 0.717) is 17.1 Å². The number of aromatic nitrogens is 1. The van der Waals surface area contributed by atoms with Crippen LogP contribution < -0.4 is 14.8 Å². The van der Waals surface area contributed by atoms with E-state index in [2.05, 4.69) is 15.0 Å². The lowest BCUT2D eigenvalue weighted by atomic mass is 10.3. The van der Waals surface area contributed by atoms with Crippen LogP contribution in [0.4, 0.5) is 11.4 Å². The Bertz CT molecular complexity index is 1010. The molecule has 0 aliphatic carbocycles. The summed E-state index contributed by atoms with van der Waals surface area (Å²) in [6, 6.07) is 17.8. The van der Waals surface area contributed by atoms with Crippen molar-refractivity contribution in [2.24, 2.45) is 0 Å². The molecule has 0 unspecified atom stereocenters. The van der Waals surface area contributed by atoms with Crippen molar-refractivity contribution >= 4 is 27.3 Å². The predicted octanol–water partition coefficient (Wildman–Crippen LogP) is 2.90. The Hall–Kier alpha value is -3.39. The second-order valence-electron chi connectivity index (χ2n) is 5.52. The molecule has 2 aromatic carbocycles. The second kappa shape index (κ2) is 8.33. The molecule has 0 atom stereocenters. The maximum atomic E-state index is 12.4. The highest BCUT2D eigenvalue weighted by Gasteiger charge is 2.13. The number of nitrogens with zero attached hydrogens (tertiary/aromatic N) is 1. The number of amides is 1. The van der Waals surface area contributed by atoms with Crippen LogP contribution in [-0.4, -0.2) is 25.9 Å². The topological polar surface area (TPSA) is 97.4 Å². The monoisotopic (exact) mass is 383 g/mol. The van der Waals surface area contributed by atoms with Crippen LogP contribution in [-0.2, 0) is 14.8 Å². The molecule has 0 saturated heterocycles. The third kappa shape index (κ3) is 5.29. The number of hydrogen-bond acceptors (Lipinski definition) is 5. The van der Waals surface area contributed by atoms with Crippen molar-refractivity contribution < 1.29 is 17.9 Å². The summed E-state index contributed by atoms with van der Waals surface area (Å²) in [5.41, 5.74) is 0.953. The van der Waals surface area contributed by atoms with Crippen molar-refractivity contribution in [3.8, 4) is 5.75 Å². The second-order valence-corrected chi connectivity index (χ2v) is 7.20. The summed E-state index contributed by atoms with van der Waals surface area (Å²) in [4.78, 5) is 15.9. The number of ether oxygens (including phenoxy) is 1. The molecule has 0 saturated carbocycles. The van der Waals surface area contributed by atoms with Crippen LogP contribution in [0.2, 0.25) is 0 Å². The molecule has 1 amide bonds. The van der Waals surface area contributed by atoms with Crippen LogP contribution >= 0.6 is 0 Å². The van der Waals surface area contributed by atoms with E-state index in [1.54, 1.807) is 60.9 Å². The molecule has 1 heterocycles. The molecule has 2 N–H and O–H groups in total. The molecule has 0 fully saturated rings. The van der Waals surface area contributed by atoms with Gasteiger partial charge >= 0.3 is 0 Å². The van der Waals surface area contributed by atoms with Gasteiger partial charge in [0.1, 0.15) is 5.75 Å². The van der Waals surface area contributed by atoms with E-state index in [0.717, 1.165) is 0 Å². The highest BCUT2D eigenvalue weighted by atomic mass is 32.2. The SMILES string of the molecule is O=C(COc1cccc(NS(=O)(=O)c2ccccc2)c1)Nc1ccncc1. The van der Waals surface area contributed by atoms with Gasteiger partial charge in [-0.05, 0) is 36.4 Å². The van der Waals surface area contributed by atoms with E-state index in [4.69, 9.17) is 4.74 Å². The summed E-state index contributed by atoms with van der Waals surface area (Å²) in [5.74, 6) is 0.0320. The van der Waals surface area contributed by atoms with Crippen molar-refractivity contribution in [2.75, 3.05) is 16.6 Å². The molecule has 138 valence electrons. The van der Waals surface area contributed by atoms with Gasteiger partial charge in [-0.3, -0.25) is 14.5 Å². The third-order valence-electron chi connectivity index (χ3n) is 3.47. The minimum atomic E-state index is -3.69. The minimum Gasteiger partial charge on any atom is -0.484 e. The third-order valence-corrected chi connectivity index (χ3v) is 4.87. The lowest BCUT2D eigenvalue weighted by Gasteiger charge is -2.11. The van der Waals surface area contributed by atoms with E-state index in [1.807, 2.05) is 0 Å². The molecule has 1 aromatic heterocycles. The maximum absolute atomic E-state index is 12.4. The van der Waals surface area contributed by atoms with Crippen LogP contribution in [0, 0.1) is 0 Å². The zero-order valence-corrected chi connectivity index (χ0v) is 15.0. The number of benzene rings is 2.